The minimum absolute atomic E-state index is 0.360. The number of aromatic nitrogens is 4. The van der Waals surface area contributed by atoms with Gasteiger partial charge >= 0.3 is 0 Å². The van der Waals surface area contributed by atoms with E-state index in [1.165, 1.54) is 0 Å². The van der Waals surface area contributed by atoms with E-state index in [-0.39, 0.29) is 0 Å². The molecule has 0 radical (unpaired) electrons. The van der Waals surface area contributed by atoms with Crippen LogP contribution in [0.3, 0.4) is 0 Å². The van der Waals surface area contributed by atoms with E-state index in [1.807, 2.05) is 36.6 Å². The van der Waals surface area contributed by atoms with Crippen molar-refractivity contribution in [1.82, 2.24) is 19.7 Å². The molecule has 2 aromatic rings. The average molecular weight is 369 g/mol. The minimum Gasteiger partial charge on any atom is -0.272 e. The Morgan fingerprint density at radius 1 is 1.25 bits per heavy atom. The van der Waals surface area contributed by atoms with Crippen molar-refractivity contribution >= 4 is 45.8 Å². The lowest BCUT2D eigenvalue weighted by Gasteiger charge is -2.03. The summed E-state index contributed by atoms with van der Waals surface area (Å²) in [5, 5.41) is 4.84. The SMILES string of the molecule is Cc1c(-c2nc(Cl)c(I)c(Cl)n2)cnn1C. The Hall–Kier alpha value is -0.400. The quantitative estimate of drug-likeness (QED) is 0.573. The van der Waals surface area contributed by atoms with Gasteiger partial charge in [0.05, 0.1) is 15.3 Å². The van der Waals surface area contributed by atoms with Crippen molar-refractivity contribution in [2.45, 2.75) is 6.92 Å². The molecule has 0 saturated carbocycles. The van der Waals surface area contributed by atoms with Crippen LogP contribution < -0.4 is 0 Å². The molecule has 0 saturated heterocycles. The van der Waals surface area contributed by atoms with Crippen LogP contribution in [0.1, 0.15) is 5.69 Å². The maximum absolute atomic E-state index is 5.96. The lowest BCUT2D eigenvalue weighted by atomic mass is 10.2. The van der Waals surface area contributed by atoms with Crippen molar-refractivity contribution in [3.63, 3.8) is 0 Å². The fourth-order valence-electron chi connectivity index (χ4n) is 1.23. The van der Waals surface area contributed by atoms with Gasteiger partial charge in [0, 0.05) is 12.7 Å². The van der Waals surface area contributed by atoms with E-state index in [1.54, 1.807) is 10.9 Å². The van der Waals surface area contributed by atoms with Crippen LogP contribution in [0.4, 0.5) is 0 Å². The topological polar surface area (TPSA) is 43.6 Å². The predicted octanol–water partition coefficient (Wildman–Crippen LogP) is 3.10. The summed E-state index contributed by atoms with van der Waals surface area (Å²) < 4.78 is 2.41. The van der Waals surface area contributed by atoms with E-state index in [0.717, 1.165) is 11.3 Å². The molecule has 0 N–H and O–H groups in total. The van der Waals surface area contributed by atoms with Crippen LogP contribution in [0, 0.1) is 10.5 Å². The molecule has 0 aromatic carbocycles. The minimum atomic E-state index is 0.360. The van der Waals surface area contributed by atoms with Gasteiger partial charge in [0.25, 0.3) is 0 Å². The van der Waals surface area contributed by atoms with Crippen LogP contribution in [-0.2, 0) is 7.05 Å². The molecule has 0 amide bonds. The normalized spacial score (nSPS) is 10.8. The molecule has 2 aromatic heterocycles. The standard InChI is InChI=1S/C9H7Cl2IN4/c1-4-5(3-13-16(4)2)9-14-7(10)6(12)8(11)15-9/h3H,1-2H3. The molecular formula is C9H7Cl2IN4. The molecular weight excluding hydrogens is 362 g/mol. The number of halogens is 3. The Balaban J connectivity index is 2.61. The third-order valence-electron chi connectivity index (χ3n) is 2.25. The molecule has 0 aliphatic carbocycles. The van der Waals surface area contributed by atoms with Crippen LogP contribution in [0.2, 0.25) is 10.3 Å². The van der Waals surface area contributed by atoms with Gasteiger partial charge in [-0.1, -0.05) is 23.2 Å². The number of hydrogen-bond acceptors (Lipinski definition) is 3. The Kier molecular flexibility index (Phi) is 3.37. The van der Waals surface area contributed by atoms with Gasteiger partial charge in [-0.05, 0) is 29.5 Å². The summed E-state index contributed by atoms with van der Waals surface area (Å²) in [7, 11) is 1.86. The molecule has 0 aliphatic heterocycles. The maximum atomic E-state index is 5.96. The lowest BCUT2D eigenvalue weighted by molar-refractivity contribution is 0.740. The van der Waals surface area contributed by atoms with Crippen LogP contribution in [0.25, 0.3) is 11.4 Å². The highest BCUT2D eigenvalue weighted by atomic mass is 127. The van der Waals surface area contributed by atoms with E-state index in [9.17, 15) is 0 Å². The van der Waals surface area contributed by atoms with Gasteiger partial charge in [-0.3, -0.25) is 4.68 Å². The van der Waals surface area contributed by atoms with Gasteiger partial charge in [-0.15, -0.1) is 0 Å². The average Bonchev–Trinajstić information content (AvgIpc) is 2.56. The highest BCUT2D eigenvalue weighted by Crippen LogP contribution is 2.27. The Labute approximate surface area is 116 Å². The molecule has 7 heteroatoms. The van der Waals surface area contributed by atoms with E-state index >= 15 is 0 Å². The van der Waals surface area contributed by atoms with Gasteiger partial charge in [0.2, 0.25) is 0 Å². The monoisotopic (exact) mass is 368 g/mol. The van der Waals surface area contributed by atoms with Crippen molar-refractivity contribution in [2.75, 3.05) is 0 Å². The zero-order chi connectivity index (χ0) is 11.9. The van der Waals surface area contributed by atoms with Gasteiger partial charge < -0.3 is 0 Å². The molecule has 0 spiro atoms. The third-order valence-corrected chi connectivity index (χ3v) is 4.45. The van der Waals surface area contributed by atoms with E-state index in [4.69, 9.17) is 23.2 Å². The summed E-state index contributed by atoms with van der Waals surface area (Å²) in [6, 6.07) is 0. The summed E-state index contributed by atoms with van der Waals surface area (Å²) in [5.41, 5.74) is 1.80. The Morgan fingerprint density at radius 3 is 2.25 bits per heavy atom. The first kappa shape index (κ1) is 12.1. The molecule has 2 heterocycles. The summed E-state index contributed by atoms with van der Waals surface area (Å²) in [6.45, 7) is 1.94. The summed E-state index contributed by atoms with van der Waals surface area (Å²) in [4.78, 5) is 8.37. The maximum Gasteiger partial charge on any atom is 0.166 e. The van der Waals surface area contributed by atoms with Crippen molar-refractivity contribution in [1.29, 1.82) is 0 Å². The second-order valence-electron chi connectivity index (χ2n) is 3.21. The molecule has 0 unspecified atom stereocenters. The van der Waals surface area contributed by atoms with Crippen LogP contribution in [0.15, 0.2) is 6.20 Å². The second-order valence-corrected chi connectivity index (χ2v) is 5.00. The summed E-state index contributed by atoms with van der Waals surface area (Å²) in [6.07, 6.45) is 1.70. The molecule has 0 bridgehead atoms. The molecule has 84 valence electrons. The molecule has 2 rings (SSSR count). The van der Waals surface area contributed by atoms with E-state index in [2.05, 4.69) is 15.1 Å². The highest BCUT2D eigenvalue weighted by Gasteiger charge is 2.14. The Bertz CT molecular complexity index is 529. The third kappa shape index (κ3) is 2.03. The number of nitrogens with zero attached hydrogens (tertiary/aromatic N) is 4. The first-order chi connectivity index (χ1) is 7.50. The van der Waals surface area contributed by atoms with Gasteiger partial charge in [0.15, 0.2) is 5.82 Å². The van der Waals surface area contributed by atoms with E-state index in [0.29, 0.717) is 19.7 Å². The van der Waals surface area contributed by atoms with Crippen LogP contribution in [-0.4, -0.2) is 19.7 Å². The summed E-state index contributed by atoms with van der Waals surface area (Å²) in [5.74, 6) is 0.501. The number of aryl methyl sites for hydroxylation is 1. The van der Waals surface area contributed by atoms with Gasteiger partial charge in [0.1, 0.15) is 10.3 Å². The number of rotatable bonds is 1. The largest absolute Gasteiger partial charge is 0.272 e. The molecule has 0 fully saturated rings. The van der Waals surface area contributed by atoms with E-state index < -0.39 is 0 Å². The highest BCUT2D eigenvalue weighted by molar-refractivity contribution is 14.1. The fraction of sp³-hybridized carbons (Fsp3) is 0.222. The predicted molar refractivity (Wildman–Crippen MR) is 71.7 cm³/mol. The first-order valence-corrected chi connectivity index (χ1v) is 6.21. The van der Waals surface area contributed by atoms with Crippen molar-refractivity contribution < 1.29 is 0 Å². The fourth-order valence-corrected chi connectivity index (χ4v) is 1.86. The smallest absolute Gasteiger partial charge is 0.166 e. The molecule has 16 heavy (non-hydrogen) atoms. The van der Waals surface area contributed by atoms with Gasteiger partial charge in [-0.2, -0.15) is 5.10 Å². The van der Waals surface area contributed by atoms with Crippen molar-refractivity contribution in [2.24, 2.45) is 7.05 Å². The molecule has 0 atom stereocenters. The molecule has 4 nitrogen and oxygen atoms in total. The lowest BCUT2D eigenvalue weighted by Crippen LogP contribution is -1.96. The second kappa shape index (κ2) is 4.46. The van der Waals surface area contributed by atoms with Crippen molar-refractivity contribution in [3.8, 4) is 11.4 Å². The number of hydrogen-bond donors (Lipinski definition) is 0. The zero-order valence-electron chi connectivity index (χ0n) is 8.50. The first-order valence-electron chi connectivity index (χ1n) is 4.38. The zero-order valence-corrected chi connectivity index (χ0v) is 12.2. The molecule has 0 aliphatic rings. The van der Waals surface area contributed by atoms with Gasteiger partial charge in [-0.25, -0.2) is 9.97 Å². The Morgan fingerprint density at radius 2 is 1.81 bits per heavy atom. The van der Waals surface area contributed by atoms with Crippen molar-refractivity contribution in [3.05, 3.63) is 25.8 Å². The van der Waals surface area contributed by atoms with Crippen LogP contribution >= 0.6 is 45.8 Å². The summed E-state index contributed by atoms with van der Waals surface area (Å²) >= 11 is 13.9. The van der Waals surface area contributed by atoms with Crippen LogP contribution in [0.5, 0.6) is 0 Å².